The van der Waals surface area contributed by atoms with Crippen molar-refractivity contribution in [1.29, 1.82) is 0 Å². The molecule has 0 aromatic heterocycles. The van der Waals surface area contributed by atoms with E-state index in [1.165, 1.54) is 0 Å². The van der Waals surface area contributed by atoms with E-state index in [1.807, 2.05) is 20.8 Å². The fourth-order valence-corrected chi connectivity index (χ4v) is 1.52. The van der Waals surface area contributed by atoms with E-state index in [-0.39, 0.29) is 5.60 Å². The van der Waals surface area contributed by atoms with Gasteiger partial charge in [0, 0.05) is 18.6 Å². The highest BCUT2D eigenvalue weighted by molar-refractivity contribution is 4.74. The van der Waals surface area contributed by atoms with Crippen LogP contribution < -0.4 is 10.8 Å². The molecule has 15 heavy (non-hydrogen) atoms. The molecule has 1 rings (SSSR count). The monoisotopic (exact) mass is 216 g/mol. The van der Waals surface area contributed by atoms with Gasteiger partial charge in [0.25, 0.3) is 0 Å². The van der Waals surface area contributed by atoms with Gasteiger partial charge in [0.15, 0.2) is 0 Å². The molecule has 2 unspecified atom stereocenters. The second-order valence-electron chi connectivity index (χ2n) is 5.19. The van der Waals surface area contributed by atoms with Crippen LogP contribution in [0.5, 0.6) is 0 Å². The maximum Gasteiger partial charge on any atom is 0.0813 e. The van der Waals surface area contributed by atoms with Gasteiger partial charge in [0.05, 0.1) is 18.8 Å². The topological polar surface area (TPSA) is 42.5 Å². The number of rotatable bonds is 4. The van der Waals surface area contributed by atoms with Gasteiger partial charge in [-0.25, -0.2) is 0 Å². The Morgan fingerprint density at radius 1 is 1.53 bits per heavy atom. The fourth-order valence-electron chi connectivity index (χ4n) is 1.52. The molecule has 0 radical (unpaired) electrons. The Morgan fingerprint density at radius 2 is 2.27 bits per heavy atom. The first-order valence-electron chi connectivity index (χ1n) is 5.72. The van der Waals surface area contributed by atoms with Gasteiger partial charge < -0.3 is 10.1 Å². The molecule has 0 aromatic rings. The lowest BCUT2D eigenvalue weighted by atomic mass is 10.1. The summed E-state index contributed by atoms with van der Waals surface area (Å²) in [5.41, 5.74) is 2.94. The number of hydrogen-bond acceptors (Lipinski definition) is 4. The van der Waals surface area contributed by atoms with E-state index in [4.69, 9.17) is 9.57 Å². The summed E-state index contributed by atoms with van der Waals surface area (Å²) in [6.07, 6.45) is 1.02. The summed E-state index contributed by atoms with van der Waals surface area (Å²) < 4.78 is 5.40. The molecule has 1 aliphatic rings. The van der Waals surface area contributed by atoms with E-state index in [1.54, 1.807) is 0 Å². The third-order valence-electron chi connectivity index (χ3n) is 2.20. The van der Waals surface area contributed by atoms with Crippen LogP contribution in [0.15, 0.2) is 0 Å². The molecule has 0 aliphatic carbocycles. The Hall–Kier alpha value is -0.160. The standard InChI is InChI=1S/C11H24N2O2/c1-9(13-15-11(2,3)4)7-10-8-14-6-5-12-10/h9-10,12-13H,5-8H2,1-4H3. The first-order valence-corrected chi connectivity index (χ1v) is 5.72. The molecular formula is C11H24N2O2. The van der Waals surface area contributed by atoms with Gasteiger partial charge in [0.2, 0.25) is 0 Å². The van der Waals surface area contributed by atoms with Crippen molar-refractivity contribution in [2.24, 2.45) is 0 Å². The molecule has 4 heteroatoms. The first-order chi connectivity index (χ1) is 6.97. The molecule has 1 saturated heterocycles. The van der Waals surface area contributed by atoms with Crippen molar-refractivity contribution >= 4 is 0 Å². The average molecular weight is 216 g/mol. The zero-order valence-electron chi connectivity index (χ0n) is 10.3. The van der Waals surface area contributed by atoms with Crippen LogP contribution in [0.2, 0.25) is 0 Å². The molecule has 0 aromatic carbocycles. The SMILES string of the molecule is CC(CC1COCCN1)NOC(C)(C)C. The van der Waals surface area contributed by atoms with E-state index in [0.29, 0.717) is 12.1 Å². The summed E-state index contributed by atoms with van der Waals surface area (Å²) >= 11 is 0. The highest BCUT2D eigenvalue weighted by atomic mass is 16.7. The van der Waals surface area contributed by atoms with Crippen LogP contribution >= 0.6 is 0 Å². The van der Waals surface area contributed by atoms with Gasteiger partial charge in [-0.1, -0.05) is 0 Å². The van der Waals surface area contributed by atoms with Gasteiger partial charge >= 0.3 is 0 Å². The van der Waals surface area contributed by atoms with Crippen LogP contribution in [0, 0.1) is 0 Å². The Balaban J connectivity index is 2.14. The van der Waals surface area contributed by atoms with E-state index in [2.05, 4.69) is 17.7 Å². The van der Waals surface area contributed by atoms with Crippen molar-refractivity contribution in [2.45, 2.75) is 51.8 Å². The smallest absolute Gasteiger partial charge is 0.0813 e. The molecule has 1 fully saturated rings. The molecule has 90 valence electrons. The largest absolute Gasteiger partial charge is 0.379 e. The lowest BCUT2D eigenvalue weighted by molar-refractivity contribution is -0.0891. The third-order valence-corrected chi connectivity index (χ3v) is 2.20. The van der Waals surface area contributed by atoms with Gasteiger partial charge in [-0.2, -0.15) is 5.48 Å². The second kappa shape index (κ2) is 5.80. The second-order valence-corrected chi connectivity index (χ2v) is 5.19. The summed E-state index contributed by atoms with van der Waals surface area (Å²) in [4.78, 5) is 5.51. The molecule has 4 nitrogen and oxygen atoms in total. The first kappa shape index (κ1) is 12.9. The molecule has 0 spiro atoms. The summed E-state index contributed by atoms with van der Waals surface area (Å²) in [5.74, 6) is 0. The molecule has 1 aliphatic heterocycles. The van der Waals surface area contributed by atoms with Crippen molar-refractivity contribution in [3.05, 3.63) is 0 Å². The van der Waals surface area contributed by atoms with Gasteiger partial charge in [-0.05, 0) is 34.1 Å². The van der Waals surface area contributed by atoms with Gasteiger partial charge in [0.1, 0.15) is 0 Å². The van der Waals surface area contributed by atoms with E-state index in [0.717, 1.165) is 26.2 Å². The molecule has 2 atom stereocenters. The predicted octanol–water partition coefficient (Wildman–Crippen LogP) is 1.07. The van der Waals surface area contributed by atoms with Crippen molar-refractivity contribution in [3.8, 4) is 0 Å². The van der Waals surface area contributed by atoms with Crippen molar-refractivity contribution in [1.82, 2.24) is 10.8 Å². The molecule has 0 bridgehead atoms. The summed E-state index contributed by atoms with van der Waals surface area (Å²) in [7, 11) is 0. The van der Waals surface area contributed by atoms with E-state index >= 15 is 0 Å². The summed E-state index contributed by atoms with van der Waals surface area (Å²) in [6, 6.07) is 0.785. The highest BCUT2D eigenvalue weighted by Crippen LogP contribution is 2.07. The lowest BCUT2D eigenvalue weighted by Gasteiger charge is -2.28. The van der Waals surface area contributed by atoms with Gasteiger partial charge in [-0.3, -0.25) is 4.84 Å². The minimum Gasteiger partial charge on any atom is -0.379 e. The van der Waals surface area contributed by atoms with Crippen molar-refractivity contribution in [2.75, 3.05) is 19.8 Å². The number of nitrogens with one attached hydrogen (secondary N) is 2. The molecular weight excluding hydrogens is 192 g/mol. The maximum atomic E-state index is 5.51. The van der Waals surface area contributed by atoms with Crippen LogP contribution in [0.1, 0.15) is 34.1 Å². The summed E-state index contributed by atoms with van der Waals surface area (Å²) in [5, 5.41) is 3.43. The van der Waals surface area contributed by atoms with Gasteiger partial charge in [-0.15, -0.1) is 0 Å². The molecule has 0 amide bonds. The van der Waals surface area contributed by atoms with E-state index in [9.17, 15) is 0 Å². The molecule has 0 saturated carbocycles. The Kier molecular flexibility index (Phi) is 4.99. The van der Waals surface area contributed by atoms with Crippen LogP contribution in [0.4, 0.5) is 0 Å². The van der Waals surface area contributed by atoms with Crippen LogP contribution in [0.3, 0.4) is 0 Å². The normalized spacial score (nSPS) is 25.2. The highest BCUT2D eigenvalue weighted by Gasteiger charge is 2.18. The predicted molar refractivity (Wildman–Crippen MR) is 60.7 cm³/mol. The Morgan fingerprint density at radius 3 is 2.80 bits per heavy atom. The number of ether oxygens (including phenoxy) is 1. The van der Waals surface area contributed by atoms with Crippen LogP contribution in [-0.2, 0) is 9.57 Å². The molecule has 2 N–H and O–H groups in total. The maximum absolute atomic E-state index is 5.51. The van der Waals surface area contributed by atoms with Crippen LogP contribution in [-0.4, -0.2) is 37.4 Å². The zero-order valence-corrected chi connectivity index (χ0v) is 10.3. The third kappa shape index (κ3) is 6.10. The zero-order chi connectivity index (χ0) is 11.3. The molecule has 1 heterocycles. The lowest BCUT2D eigenvalue weighted by Crippen LogP contribution is -2.46. The number of hydrogen-bond donors (Lipinski definition) is 2. The number of hydroxylamine groups is 1. The van der Waals surface area contributed by atoms with Crippen molar-refractivity contribution in [3.63, 3.8) is 0 Å². The average Bonchev–Trinajstić information content (AvgIpc) is 2.15. The quantitative estimate of drug-likeness (QED) is 0.690. The van der Waals surface area contributed by atoms with Crippen molar-refractivity contribution < 1.29 is 9.57 Å². The number of morpholine rings is 1. The Labute approximate surface area is 92.7 Å². The summed E-state index contributed by atoms with van der Waals surface area (Å²) in [6.45, 7) is 10.8. The minimum absolute atomic E-state index is 0.134. The fraction of sp³-hybridized carbons (Fsp3) is 1.00. The Bertz CT molecular complexity index is 174. The van der Waals surface area contributed by atoms with Crippen LogP contribution in [0.25, 0.3) is 0 Å². The minimum atomic E-state index is -0.134. The van der Waals surface area contributed by atoms with E-state index < -0.39 is 0 Å².